The molecule has 0 bridgehead atoms. The number of fused-ring (bicyclic) bond motifs is 2. The summed E-state index contributed by atoms with van der Waals surface area (Å²) in [5, 5.41) is 29.0. The lowest BCUT2D eigenvalue weighted by atomic mass is 10.1. The highest BCUT2D eigenvalue weighted by atomic mass is 79.9. The van der Waals surface area contributed by atoms with Gasteiger partial charge in [-0.1, -0.05) is 36.4 Å². The number of rotatable bonds is 8. The number of carbonyl (C=O) groups is 2. The molecule has 254 valence electrons. The molecule has 0 aliphatic rings. The van der Waals surface area contributed by atoms with Crippen LogP contribution in [-0.2, 0) is 14.1 Å². The van der Waals surface area contributed by atoms with Crippen LogP contribution in [0.3, 0.4) is 0 Å². The van der Waals surface area contributed by atoms with E-state index in [0.717, 1.165) is 44.9 Å². The lowest BCUT2D eigenvalue weighted by Crippen LogP contribution is -3.00. The molecule has 3 aromatic carbocycles. The fraction of sp³-hybridized carbons (Fsp3) is 0.0526. The van der Waals surface area contributed by atoms with Crippen molar-refractivity contribution in [2.75, 3.05) is 0 Å². The number of hydrogen-bond acceptors (Lipinski definition) is 6. The first-order valence-electron chi connectivity index (χ1n) is 15.6. The number of nitrogens with one attached hydrogen (secondary N) is 2. The number of hydrazone groups is 2. The Bertz CT molecular complexity index is 2290. The summed E-state index contributed by atoms with van der Waals surface area (Å²) in [5.41, 5.74) is 11.8. The summed E-state index contributed by atoms with van der Waals surface area (Å²) in [4.78, 5) is 25.5. The molecule has 4 N–H and O–H groups in total. The van der Waals surface area contributed by atoms with Gasteiger partial charge in [-0.25, -0.2) is 28.8 Å². The van der Waals surface area contributed by atoms with E-state index < -0.39 is 23.3 Å². The number of nitrogens with zero attached hydrogens (tertiary/aromatic N) is 6. The van der Waals surface area contributed by atoms with Crippen molar-refractivity contribution in [2.45, 2.75) is 0 Å². The molecule has 7 rings (SSSR count). The monoisotopic (exact) mass is 743 g/mol. The van der Waals surface area contributed by atoms with Crippen LogP contribution >= 0.6 is 0 Å². The number of phenolic OH excluding ortho intramolecular Hbond substituents is 2. The minimum Gasteiger partial charge on any atom is -1.00 e. The fourth-order valence-electron chi connectivity index (χ4n) is 5.78. The van der Waals surface area contributed by atoms with Gasteiger partial charge in [0.15, 0.2) is 22.9 Å². The third-order valence-corrected chi connectivity index (χ3v) is 8.48. The molecule has 0 saturated carbocycles. The molecule has 0 atom stereocenters. The molecule has 0 unspecified atom stereocenters. The van der Waals surface area contributed by atoms with Crippen LogP contribution in [0.25, 0.3) is 33.8 Å². The predicted octanol–water partition coefficient (Wildman–Crippen LogP) is 1.12. The number of amides is 2. The summed E-state index contributed by atoms with van der Waals surface area (Å²) in [6, 6.07) is 29.7. The zero-order valence-corrected chi connectivity index (χ0v) is 29.1. The number of hydrogen-bond donors (Lipinski definition) is 4. The first kappa shape index (κ1) is 34.3. The van der Waals surface area contributed by atoms with Gasteiger partial charge in [-0.3, -0.25) is 9.59 Å². The Kier molecular flexibility index (Phi) is 9.73. The SMILES string of the molecule is C[n+]1c(-c2ccc(/C=N/NC(=O)c3ccc(C(=O)N/N=C/c4ccc(-c5cn6ccccc6[n+]5C)cc4)c(O)c3O)cc2)cn2ccccc21.[Br-]. The normalized spacial score (nSPS) is 11.3. The number of aromatic hydroxyl groups is 2. The van der Waals surface area contributed by atoms with E-state index in [4.69, 9.17) is 0 Å². The van der Waals surface area contributed by atoms with Crippen LogP contribution in [-0.4, -0.2) is 43.3 Å². The maximum absolute atomic E-state index is 12.7. The van der Waals surface area contributed by atoms with E-state index in [2.05, 4.69) is 42.6 Å². The minimum atomic E-state index is -0.770. The van der Waals surface area contributed by atoms with Crippen molar-refractivity contribution in [1.82, 2.24) is 19.7 Å². The van der Waals surface area contributed by atoms with Crippen LogP contribution in [0.4, 0.5) is 0 Å². The van der Waals surface area contributed by atoms with Gasteiger partial charge in [0.25, 0.3) is 23.1 Å². The van der Waals surface area contributed by atoms with E-state index in [1.54, 1.807) is 0 Å². The predicted molar refractivity (Wildman–Crippen MR) is 188 cm³/mol. The summed E-state index contributed by atoms with van der Waals surface area (Å²) in [6.07, 6.45) is 11.0. The number of aromatic nitrogens is 4. The Hall–Kier alpha value is -6.60. The quantitative estimate of drug-likeness (QED) is 0.0802. The lowest BCUT2D eigenvalue weighted by molar-refractivity contribution is -0.633. The average Bonchev–Trinajstić information content (AvgIpc) is 3.66. The number of halogens is 1. The zero-order valence-electron chi connectivity index (χ0n) is 27.5. The summed E-state index contributed by atoms with van der Waals surface area (Å²) in [5.74, 6) is -3.05. The van der Waals surface area contributed by atoms with Crippen molar-refractivity contribution < 1.29 is 45.9 Å². The average molecular weight is 745 g/mol. The Morgan fingerprint density at radius 1 is 0.608 bits per heavy atom. The number of phenols is 2. The molecule has 13 heteroatoms. The van der Waals surface area contributed by atoms with Gasteiger partial charge < -0.3 is 27.2 Å². The summed E-state index contributed by atoms with van der Waals surface area (Å²) >= 11 is 0. The fourth-order valence-corrected chi connectivity index (χ4v) is 5.78. The Morgan fingerprint density at radius 2 is 1.00 bits per heavy atom. The zero-order chi connectivity index (χ0) is 34.8. The van der Waals surface area contributed by atoms with Gasteiger partial charge in [-0.15, -0.1) is 0 Å². The summed E-state index contributed by atoms with van der Waals surface area (Å²) in [7, 11) is 4.01. The maximum atomic E-state index is 12.7. The summed E-state index contributed by atoms with van der Waals surface area (Å²) in [6.45, 7) is 0. The van der Waals surface area contributed by atoms with E-state index in [-0.39, 0.29) is 28.1 Å². The second-order valence-electron chi connectivity index (χ2n) is 11.6. The standard InChI is InChI=1S/C38H30N8O4.BrH/c1-43-31(23-45-19-5-3-7-33(43)45)27-13-9-25(10-14-27)21-39-41-37(49)29-17-18-30(36(48)35(29)47)38(50)42-40-22-26-11-15-28(16-12-26)32-24-46-20-6-4-8-34(46)44(32)2;/h3-24H,1-2H3,(H2-2,41,42,47,48,49,50);1H/p+1/b39-21+,40-22+;. The van der Waals surface area contributed by atoms with Gasteiger partial charge in [0.2, 0.25) is 0 Å². The molecular formula is C38H32BrN8O4+. The molecular weight excluding hydrogens is 712 g/mol. The van der Waals surface area contributed by atoms with Crippen LogP contribution in [0.2, 0.25) is 0 Å². The van der Waals surface area contributed by atoms with Crippen molar-refractivity contribution >= 4 is 35.5 Å². The second-order valence-corrected chi connectivity index (χ2v) is 11.6. The topological polar surface area (TPSA) is 140 Å². The van der Waals surface area contributed by atoms with Crippen LogP contribution in [0.5, 0.6) is 11.5 Å². The molecule has 0 spiro atoms. The minimum absolute atomic E-state index is 0. The first-order chi connectivity index (χ1) is 24.3. The van der Waals surface area contributed by atoms with Crippen molar-refractivity contribution in [3.8, 4) is 34.0 Å². The Labute approximate surface area is 302 Å². The third kappa shape index (κ3) is 6.82. The molecule has 4 aromatic heterocycles. The van der Waals surface area contributed by atoms with Gasteiger partial charge in [0.1, 0.15) is 12.4 Å². The van der Waals surface area contributed by atoms with Crippen LogP contribution in [0, 0.1) is 0 Å². The lowest BCUT2D eigenvalue weighted by Gasteiger charge is -2.09. The van der Waals surface area contributed by atoms with Crippen molar-refractivity contribution in [2.24, 2.45) is 24.3 Å². The van der Waals surface area contributed by atoms with E-state index in [9.17, 15) is 19.8 Å². The number of carbonyl (C=O) groups excluding carboxylic acids is 2. The van der Waals surface area contributed by atoms with Crippen molar-refractivity contribution in [1.29, 1.82) is 0 Å². The van der Waals surface area contributed by atoms with Crippen molar-refractivity contribution in [3.63, 3.8) is 0 Å². The Balaban J connectivity index is 0.00000448. The molecule has 0 aliphatic heterocycles. The molecule has 2 amide bonds. The van der Waals surface area contributed by atoms with Gasteiger partial charge in [-0.2, -0.15) is 10.2 Å². The van der Waals surface area contributed by atoms with E-state index in [1.807, 2.05) is 120 Å². The van der Waals surface area contributed by atoms with Gasteiger partial charge >= 0.3 is 0 Å². The highest BCUT2D eigenvalue weighted by Crippen LogP contribution is 2.32. The maximum Gasteiger partial charge on any atom is 0.286 e. The number of aryl methyl sites for hydroxylation is 2. The molecule has 0 saturated heterocycles. The van der Waals surface area contributed by atoms with E-state index in [1.165, 1.54) is 24.6 Å². The first-order valence-corrected chi connectivity index (χ1v) is 15.6. The van der Waals surface area contributed by atoms with E-state index in [0.29, 0.717) is 0 Å². The summed E-state index contributed by atoms with van der Waals surface area (Å²) < 4.78 is 8.29. The number of benzene rings is 3. The van der Waals surface area contributed by atoms with Crippen LogP contribution in [0.1, 0.15) is 31.8 Å². The van der Waals surface area contributed by atoms with Crippen LogP contribution < -0.4 is 37.0 Å². The number of imidazole rings is 2. The number of pyridine rings is 2. The molecule has 51 heavy (non-hydrogen) atoms. The van der Waals surface area contributed by atoms with E-state index >= 15 is 0 Å². The van der Waals surface area contributed by atoms with Gasteiger partial charge in [-0.05, 0) is 59.7 Å². The smallest absolute Gasteiger partial charge is 0.286 e. The molecule has 0 fully saturated rings. The Morgan fingerprint density at radius 3 is 1.37 bits per heavy atom. The van der Waals surface area contributed by atoms with Crippen LogP contribution in [0.15, 0.2) is 132 Å². The molecule has 7 aromatic rings. The highest BCUT2D eigenvalue weighted by Gasteiger charge is 2.21. The second kappa shape index (κ2) is 14.5. The molecule has 0 aliphatic carbocycles. The highest BCUT2D eigenvalue weighted by molar-refractivity contribution is 6.03. The van der Waals surface area contributed by atoms with Crippen molar-refractivity contribution in [3.05, 3.63) is 144 Å². The molecule has 12 nitrogen and oxygen atoms in total. The molecule has 4 heterocycles. The van der Waals surface area contributed by atoms with Gasteiger partial charge in [0.05, 0.1) is 50.0 Å². The third-order valence-electron chi connectivity index (χ3n) is 8.48. The van der Waals surface area contributed by atoms with Gasteiger partial charge in [0, 0.05) is 23.3 Å². The molecule has 0 radical (unpaired) electrons. The largest absolute Gasteiger partial charge is 1.00 e.